The number of carbonyl (C=O) groups excluding carboxylic acids is 1. The molecule has 0 aliphatic carbocycles. The van der Waals surface area contributed by atoms with Gasteiger partial charge in [-0.3, -0.25) is 4.79 Å². The van der Waals surface area contributed by atoms with Gasteiger partial charge in [0.25, 0.3) is 5.91 Å². The Morgan fingerprint density at radius 1 is 1.11 bits per heavy atom. The summed E-state index contributed by atoms with van der Waals surface area (Å²) in [6.45, 7) is 3.74. The summed E-state index contributed by atoms with van der Waals surface area (Å²) >= 11 is 3.02. The molecule has 0 radical (unpaired) electrons. The van der Waals surface area contributed by atoms with Gasteiger partial charge < -0.3 is 21.3 Å². The monoisotopic (exact) mass is 413 g/mol. The molecule has 1 fully saturated rings. The van der Waals surface area contributed by atoms with Crippen molar-refractivity contribution in [2.45, 2.75) is 11.3 Å². The smallest absolute Gasteiger partial charge is 0.260 e. The van der Waals surface area contributed by atoms with Crippen molar-refractivity contribution in [3.8, 4) is 0 Å². The van der Waals surface area contributed by atoms with E-state index in [1.54, 1.807) is 18.0 Å². The normalized spacial score (nSPS) is 15.0. The number of nitrogens with zero attached hydrogens (tertiary/aromatic N) is 3. The second kappa shape index (κ2) is 7.89. The number of rotatable bonds is 4. The van der Waals surface area contributed by atoms with E-state index in [1.165, 1.54) is 21.9 Å². The van der Waals surface area contributed by atoms with Gasteiger partial charge in [0, 0.05) is 43.0 Å². The second-order valence-corrected chi connectivity index (χ2v) is 8.62. The molecule has 1 amide bonds. The summed E-state index contributed by atoms with van der Waals surface area (Å²) in [5.41, 5.74) is 14.5. The molecule has 0 unspecified atom stereocenters. The molecule has 3 heterocycles. The van der Waals surface area contributed by atoms with Gasteiger partial charge in [-0.2, -0.15) is 0 Å². The summed E-state index contributed by atoms with van der Waals surface area (Å²) in [5.74, 6) is -0.498. The maximum atomic E-state index is 11.7. The van der Waals surface area contributed by atoms with E-state index in [4.69, 9.17) is 11.5 Å². The number of nitrogens with two attached hydrogens (primary N) is 2. The van der Waals surface area contributed by atoms with Gasteiger partial charge in [0.2, 0.25) is 0 Å². The lowest BCUT2D eigenvalue weighted by Gasteiger charge is -2.25. The Labute approximate surface area is 172 Å². The molecule has 1 aromatic carbocycles. The van der Waals surface area contributed by atoms with Gasteiger partial charge in [0.05, 0.1) is 16.8 Å². The van der Waals surface area contributed by atoms with Crippen LogP contribution in [0.5, 0.6) is 0 Å². The van der Waals surface area contributed by atoms with Crippen LogP contribution in [0.2, 0.25) is 0 Å². The molecule has 4 rings (SSSR count). The highest BCUT2D eigenvalue weighted by Crippen LogP contribution is 2.38. The second-order valence-electron chi connectivity index (χ2n) is 6.75. The van der Waals surface area contributed by atoms with Crippen molar-refractivity contribution in [1.29, 1.82) is 0 Å². The fourth-order valence-corrected chi connectivity index (χ4v) is 5.03. The molecular weight excluding hydrogens is 390 g/mol. The lowest BCUT2D eigenvalue weighted by Crippen LogP contribution is -2.30. The van der Waals surface area contributed by atoms with Crippen molar-refractivity contribution >= 4 is 56.3 Å². The molecule has 1 aliphatic rings. The largest absolute Gasteiger partial charge is 0.397 e. The van der Waals surface area contributed by atoms with Crippen molar-refractivity contribution in [2.75, 3.05) is 48.0 Å². The average molecular weight is 414 g/mol. The van der Waals surface area contributed by atoms with E-state index in [-0.39, 0.29) is 0 Å². The quantitative estimate of drug-likeness (QED) is 0.637. The molecule has 0 spiro atoms. The maximum Gasteiger partial charge on any atom is 0.260 e. The molecule has 1 saturated heterocycles. The third kappa shape index (κ3) is 3.49. The lowest BCUT2D eigenvalue weighted by atomic mass is 10.2. The Kier molecular flexibility index (Phi) is 5.32. The van der Waals surface area contributed by atoms with E-state index in [1.807, 2.05) is 6.07 Å². The maximum absolute atomic E-state index is 11.7. The summed E-state index contributed by atoms with van der Waals surface area (Å²) in [6, 6.07) is 10.7. The summed E-state index contributed by atoms with van der Waals surface area (Å²) in [5, 5.41) is 0.846. The molecule has 4 N–H and O–H groups in total. The molecular formula is C20H23N5OS2. The van der Waals surface area contributed by atoms with Crippen molar-refractivity contribution in [2.24, 2.45) is 5.73 Å². The zero-order valence-corrected chi connectivity index (χ0v) is 17.4. The van der Waals surface area contributed by atoms with E-state index >= 15 is 0 Å². The Hall–Kier alpha value is -2.45. The first-order valence-corrected chi connectivity index (χ1v) is 11.2. The summed E-state index contributed by atoms with van der Waals surface area (Å²) < 4.78 is 0. The van der Waals surface area contributed by atoms with Gasteiger partial charge in [-0.25, -0.2) is 4.98 Å². The zero-order chi connectivity index (χ0) is 19.7. The first-order valence-electron chi connectivity index (χ1n) is 9.19. The van der Waals surface area contributed by atoms with Gasteiger partial charge in [-0.05, 0) is 43.0 Å². The predicted octanol–water partition coefficient (Wildman–Crippen LogP) is 3.42. The van der Waals surface area contributed by atoms with Crippen LogP contribution < -0.4 is 21.3 Å². The molecule has 6 nitrogen and oxygen atoms in total. The van der Waals surface area contributed by atoms with Gasteiger partial charge in [-0.1, -0.05) is 0 Å². The topological polar surface area (TPSA) is 88.5 Å². The van der Waals surface area contributed by atoms with E-state index in [0.29, 0.717) is 10.6 Å². The summed E-state index contributed by atoms with van der Waals surface area (Å²) in [4.78, 5) is 23.3. The summed E-state index contributed by atoms with van der Waals surface area (Å²) in [7, 11) is 0. The third-order valence-electron chi connectivity index (χ3n) is 5.10. The van der Waals surface area contributed by atoms with Crippen LogP contribution in [-0.2, 0) is 0 Å². The van der Waals surface area contributed by atoms with E-state index in [2.05, 4.69) is 45.3 Å². The zero-order valence-electron chi connectivity index (χ0n) is 15.7. The van der Waals surface area contributed by atoms with Crippen LogP contribution in [0, 0.1) is 0 Å². The Bertz CT molecular complexity index is 1000. The van der Waals surface area contributed by atoms with E-state index in [9.17, 15) is 4.79 Å². The minimum atomic E-state index is -0.498. The molecule has 2 aromatic heterocycles. The first-order chi connectivity index (χ1) is 13.6. The number of aromatic nitrogens is 1. The predicted molar refractivity (Wildman–Crippen MR) is 120 cm³/mol. The number of anilines is 3. The van der Waals surface area contributed by atoms with Gasteiger partial charge in [0.15, 0.2) is 0 Å². The molecule has 8 heteroatoms. The van der Waals surface area contributed by atoms with Crippen molar-refractivity contribution < 1.29 is 4.79 Å². The van der Waals surface area contributed by atoms with Crippen LogP contribution in [0.4, 0.5) is 17.1 Å². The minimum absolute atomic E-state index is 0.389. The number of primary amides is 1. The fourth-order valence-electron chi connectivity index (χ4n) is 3.68. The highest BCUT2D eigenvalue weighted by atomic mass is 32.2. The fraction of sp³-hybridized carbons (Fsp3) is 0.300. The van der Waals surface area contributed by atoms with Crippen molar-refractivity contribution in [3.05, 3.63) is 41.4 Å². The molecule has 146 valence electrons. The highest BCUT2D eigenvalue weighted by molar-refractivity contribution is 7.98. The SMILES string of the molecule is CSc1ccc(N2CCCN(c3ccnc4sc(C(N)=O)c(N)c34)CC2)cc1. The number of thioether (sulfide) groups is 1. The number of hydrogen-bond acceptors (Lipinski definition) is 7. The molecule has 3 aromatic rings. The van der Waals surface area contributed by atoms with Crippen molar-refractivity contribution in [1.82, 2.24) is 4.98 Å². The van der Waals surface area contributed by atoms with Gasteiger partial charge in [-0.15, -0.1) is 23.1 Å². The summed E-state index contributed by atoms with van der Waals surface area (Å²) in [6.07, 6.45) is 4.91. The lowest BCUT2D eigenvalue weighted by molar-refractivity contribution is 0.100. The van der Waals surface area contributed by atoms with Crippen LogP contribution in [-0.4, -0.2) is 43.3 Å². The highest BCUT2D eigenvalue weighted by Gasteiger charge is 2.22. The van der Waals surface area contributed by atoms with Gasteiger partial charge >= 0.3 is 0 Å². The Morgan fingerprint density at radius 3 is 2.54 bits per heavy atom. The molecule has 28 heavy (non-hydrogen) atoms. The van der Waals surface area contributed by atoms with E-state index < -0.39 is 5.91 Å². The molecule has 1 aliphatic heterocycles. The van der Waals surface area contributed by atoms with Crippen LogP contribution in [0.15, 0.2) is 41.4 Å². The van der Waals surface area contributed by atoms with Crippen LogP contribution in [0.3, 0.4) is 0 Å². The number of nitrogen functional groups attached to an aromatic ring is 1. The van der Waals surface area contributed by atoms with Crippen LogP contribution in [0.1, 0.15) is 16.1 Å². The number of hydrogen-bond donors (Lipinski definition) is 2. The number of fused-ring (bicyclic) bond motifs is 1. The number of pyridine rings is 1. The number of carbonyl (C=O) groups is 1. The molecule has 0 saturated carbocycles. The molecule has 0 bridgehead atoms. The third-order valence-corrected chi connectivity index (χ3v) is 6.98. The minimum Gasteiger partial charge on any atom is -0.397 e. The average Bonchev–Trinajstić information content (AvgIpc) is 2.90. The number of thiophene rings is 1. The van der Waals surface area contributed by atoms with Crippen LogP contribution >= 0.6 is 23.1 Å². The first kappa shape index (κ1) is 18.9. The van der Waals surface area contributed by atoms with E-state index in [0.717, 1.165) is 48.5 Å². The molecule has 0 atom stereocenters. The van der Waals surface area contributed by atoms with Crippen molar-refractivity contribution in [3.63, 3.8) is 0 Å². The Balaban J connectivity index is 1.60. The number of benzene rings is 1. The van der Waals surface area contributed by atoms with Crippen LogP contribution in [0.25, 0.3) is 10.2 Å². The Morgan fingerprint density at radius 2 is 1.82 bits per heavy atom. The van der Waals surface area contributed by atoms with Gasteiger partial charge in [0.1, 0.15) is 9.71 Å². The standard InChI is InChI=1S/C20H23N5OS2/c1-27-14-5-3-13(4-6-14)24-9-2-10-25(12-11-24)15-7-8-23-20-16(15)17(21)18(28-20)19(22)26/h3-8H,2,9-12,21H2,1H3,(H2,22,26). The number of amides is 1.